The second-order valence-corrected chi connectivity index (χ2v) is 4.58. The quantitative estimate of drug-likeness (QED) is 0.797. The number of hydrogen-bond donors (Lipinski definition) is 2. The van der Waals surface area contributed by atoms with Crippen molar-refractivity contribution in [2.45, 2.75) is 19.4 Å². The molecule has 20 heavy (non-hydrogen) atoms. The van der Waals surface area contributed by atoms with Gasteiger partial charge in [-0.25, -0.2) is 4.98 Å². The molecule has 2 rings (SSSR count). The monoisotopic (exact) mass is 276 g/mol. The van der Waals surface area contributed by atoms with Crippen molar-refractivity contribution >= 4 is 5.91 Å². The molecule has 0 bridgehead atoms. The van der Waals surface area contributed by atoms with Gasteiger partial charge in [-0.3, -0.25) is 10.1 Å². The second-order valence-electron chi connectivity index (χ2n) is 4.58. The van der Waals surface area contributed by atoms with Gasteiger partial charge in [0.1, 0.15) is 17.6 Å². The minimum Gasteiger partial charge on any atom is -0.467 e. The van der Waals surface area contributed by atoms with E-state index in [1.807, 2.05) is 36.9 Å². The molecule has 0 aromatic carbocycles. The number of furan rings is 1. The first-order valence-electron chi connectivity index (χ1n) is 6.73. The van der Waals surface area contributed by atoms with Crippen LogP contribution in [0.15, 0.2) is 35.2 Å². The molecule has 0 spiro atoms. The van der Waals surface area contributed by atoms with Crippen LogP contribution in [-0.2, 0) is 11.8 Å². The highest BCUT2D eigenvalue weighted by molar-refractivity contribution is 5.78. The molecule has 6 heteroatoms. The Balaban J connectivity index is 2.05. The maximum absolute atomic E-state index is 11.7. The van der Waals surface area contributed by atoms with Crippen molar-refractivity contribution in [3.63, 3.8) is 0 Å². The van der Waals surface area contributed by atoms with Gasteiger partial charge in [0.25, 0.3) is 0 Å². The summed E-state index contributed by atoms with van der Waals surface area (Å²) < 4.78 is 7.35. The van der Waals surface area contributed by atoms with E-state index in [2.05, 4.69) is 15.6 Å². The van der Waals surface area contributed by atoms with Gasteiger partial charge in [-0.05, 0) is 18.6 Å². The largest absolute Gasteiger partial charge is 0.467 e. The van der Waals surface area contributed by atoms with Gasteiger partial charge in [-0.15, -0.1) is 0 Å². The number of aromatic nitrogens is 2. The minimum absolute atomic E-state index is 0.0300. The zero-order valence-corrected chi connectivity index (χ0v) is 11.8. The van der Waals surface area contributed by atoms with E-state index in [1.54, 1.807) is 12.5 Å². The summed E-state index contributed by atoms with van der Waals surface area (Å²) in [7, 11) is 1.91. The summed E-state index contributed by atoms with van der Waals surface area (Å²) in [6.07, 6.45) is 6.13. The van der Waals surface area contributed by atoms with Crippen molar-refractivity contribution in [1.29, 1.82) is 0 Å². The third-order valence-electron chi connectivity index (χ3n) is 2.98. The molecule has 108 valence electrons. The fourth-order valence-corrected chi connectivity index (χ4v) is 1.95. The lowest BCUT2D eigenvalue weighted by Gasteiger charge is -2.16. The van der Waals surface area contributed by atoms with Gasteiger partial charge in [0.05, 0.1) is 12.8 Å². The van der Waals surface area contributed by atoms with Gasteiger partial charge in [-0.2, -0.15) is 0 Å². The Labute approximate surface area is 118 Å². The number of hydrogen-bond acceptors (Lipinski definition) is 4. The van der Waals surface area contributed by atoms with E-state index in [0.29, 0.717) is 6.54 Å². The summed E-state index contributed by atoms with van der Waals surface area (Å²) in [4.78, 5) is 16.0. The molecule has 0 aliphatic rings. The molecular weight excluding hydrogens is 256 g/mol. The van der Waals surface area contributed by atoms with Crippen LogP contribution >= 0.6 is 0 Å². The minimum atomic E-state index is -0.239. The molecule has 1 amide bonds. The van der Waals surface area contributed by atoms with Crippen molar-refractivity contribution in [3.05, 3.63) is 42.4 Å². The Morgan fingerprint density at radius 3 is 3.00 bits per heavy atom. The molecule has 2 heterocycles. The summed E-state index contributed by atoms with van der Waals surface area (Å²) in [5.41, 5.74) is 0. The van der Waals surface area contributed by atoms with E-state index in [-0.39, 0.29) is 18.5 Å². The molecule has 0 radical (unpaired) electrons. The van der Waals surface area contributed by atoms with Gasteiger partial charge in [0.2, 0.25) is 5.91 Å². The normalized spacial score (nSPS) is 12.3. The first kappa shape index (κ1) is 14.3. The van der Waals surface area contributed by atoms with E-state index in [9.17, 15) is 4.79 Å². The number of aryl methyl sites for hydroxylation is 1. The summed E-state index contributed by atoms with van der Waals surface area (Å²) in [5, 5.41) is 6.02. The van der Waals surface area contributed by atoms with E-state index in [4.69, 9.17) is 4.42 Å². The lowest BCUT2D eigenvalue weighted by atomic mass is 10.2. The van der Waals surface area contributed by atoms with E-state index >= 15 is 0 Å². The molecular formula is C14H20N4O2. The topological polar surface area (TPSA) is 72.1 Å². The summed E-state index contributed by atoms with van der Waals surface area (Å²) in [5.74, 6) is 1.52. The standard InChI is InChI=1S/C14H20N4O2/c1-3-6-15-12(19)10-17-13(11-5-4-9-20-11)14-16-7-8-18(14)2/h4-5,7-9,13,17H,3,6,10H2,1-2H3,(H,15,19). The zero-order chi connectivity index (χ0) is 14.4. The highest BCUT2D eigenvalue weighted by Crippen LogP contribution is 2.20. The van der Waals surface area contributed by atoms with Gasteiger partial charge in [-0.1, -0.05) is 6.92 Å². The molecule has 0 saturated carbocycles. The van der Waals surface area contributed by atoms with Crippen LogP contribution in [0.3, 0.4) is 0 Å². The molecule has 2 aromatic heterocycles. The Bertz CT molecular complexity index is 533. The molecule has 0 saturated heterocycles. The van der Waals surface area contributed by atoms with Crippen molar-refractivity contribution < 1.29 is 9.21 Å². The van der Waals surface area contributed by atoms with Gasteiger partial charge in [0, 0.05) is 26.0 Å². The average molecular weight is 276 g/mol. The maximum atomic E-state index is 11.7. The molecule has 1 atom stereocenters. The Kier molecular flexibility index (Phi) is 4.95. The van der Waals surface area contributed by atoms with Gasteiger partial charge >= 0.3 is 0 Å². The van der Waals surface area contributed by atoms with E-state index < -0.39 is 0 Å². The van der Waals surface area contributed by atoms with Crippen LogP contribution in [0.4, 0.5) is 0 Å². The number of carbonyl (C=O) groups excluding carboxylic acids is 1. The number of carbonyl (C=O) groups is 1. The number of imidazole rings is 1. The number of nitrogens with zero attached hydrogens (tertiary/aromatic N) is 2. The Hall–Kier alpha value is -2.08. The van der Waals surface area contributed by atoms with Crippen LogP contribution in [0.1, 0.15) is 31.0 Å². The highest BCUT2D eigenvalue weighted by atomic mass is 16.3. The van der Waals surface area contributed by atoms with Crippen LogP contribution < -0.4 is 10.6 Å². The van der Waals surface area contributed by atoms with Crippen molar-refractivity contribution in [3.8, 4) is 0 Å². The first-order chi connectivity index (χ1) is 9.72. The molecule has 6 nitrogen and oxygen atoms in total. The number of nitrogens with one attached hydrogen (secondary N) is 2. The predicted molar refractivity (Wildman–Crippen MR) is 75.1 cm³/mol. The summed E-state index contributed by atoms with van der Waals surface area (Å²) in [6.45, 7) is 2.93. The van der Waals surface area contributed by atoms with Gasteiger partial charge < -0.3 is 14.3 Å². The van der Waals surface area contributed by atoms with Crippen LogP contribution in [0.25, 0.3) is 0 Å². The third kappa shape index (κ3) is 3.48. The smallest absolute Gasteiger partial charge is 0.233 e. The van der Waals surface area contributed by atoms with Crippen LogP contribution in [-0.4, -0.2) is 28.5 Å². The fraction of sp³-hybridized carbons (Fsp3) is 0.429. The SMILES string of the molecule is CCCNC(=O)CNC(c1ccco1)c1nccn1C. The zero-order valence-electron chi connectivity index (χ0n) is 11.8. The Morgan fingerprint density at radius 2 is 2.40 bits per heavy atom. The summed E-state index contributed by atoms with van der Waals surface area (Å²) >= 11 is 0. The predicted octanol–water partition coefficient (Wildman–Crippen LogP) is 1.22. The van der Waals surface area contributed by atoms with Crippen molar-refractivity contribution in [2.75, 3.05) is 13.1 Å². The maximum Gasteiger partial charge on any atom is 0.233 e. The molecule has 1 unspecified atom stereocenters. The number of rotatable bonds is 7. The third-order valence-corrected chi connectivity index (χ3v) is 2.98. The first-order valence-corrected chi connectivity index (χ1v) is 6.73. The highest BCUT2D eigenvalue weighted by Gasteiger charge is 2.21. The fourth-order valence-electron chi connectivity index (χ4n) is 1.95. The van der Waals surface area contributed by atoms with Crippen LogP contribution in [0.2, 0.25) is 0 Å². The van der Waals surface area contributed by atoms with E-state index in [1.165, 1.54) is 0 Å². The number of amides is 1. The molecule has 2 aromatic rings. The summed E-state index contributed by atoms with van der Waals surface area (Å²) in [6, 6.07) is 3.46. The van der Waals surface area contributed by atoms with Gasteiger partial charge in [0.15, 0.2) is 0 Å². The van der Waals surface area contributed by atoms with Crippen molar-refractivity contribution in [2.24, 2.45) is 7.05 Å². The second kappa shape index (κ2) is 6.91. The van der Waals surface area contributed by atoms with Crippen LogP contribution in [0, 0.1) is 0 Å². The molecule has 0 aliphatic carbocycles. The van der Waals surface area contributed by atoms with Crippen molar-refractivity contribution in [1.82, 2.24) is 20.2 Å². The molecule has 0 fully saturated rings. The van der Waals surface area contributed by atoms with Crippen LogP contribution in [0.5, 0.6) is 0 Å². The lowest BCUT2D eigenvalue weighted by molar-refractivity contribution is -0.120. The Morgan fingerprint density at radius 1 is 1.55 bits per heavy atom. The average Bonchev–Trinajstić information content (AvgIpc) is 3.09. The molecule has 0 aliphatic heterocycles. The molecule has 2 N–H and O–H groups in total. The van der Waals surface area contributed by atoms with E-state index in [0.717, 1.165) is 18.0 Å². The lowest BCUT2D eigenvalue weighted by Crippen LogP contribution is -2.37.